The Morgan fingerprint density at radius 3 is 0.903 bits per heavy atom. The Kier molecular flexibility index (Phi) is 58.0. The molecule has 0 aromatic rings. The molecule has 72 heavy (non-hydrogen) atoms. The molecule has 1 unspecified atom stereocenters. The molecule has 0 saturated carbocycles. The minimum absolute atomic E-state index is 0.0783. The van der Waals surface area contributed by atoms with Crippen molar-refractivity contribution >= 4 is 11.9 Å². The van der Waals surface area contributed by atoms with Gasteiger partial charge in [-0.25, -0.2) is 0 Å². The van der Waals surface area contributed by atoms with Crippen LogP contribution in [0.25, 0.3) is 0 Å². The number of carbonyl (C=O) groups is 2. The number of carbonyl (C=O) groups excluding carboxylic acids is 2. The summed E-state index contributed by atoms with van der Waals surface area (Å²) in [7, 11) is 0. The van der Waals surface area contributed by atoms with Crippen LogP contribution in [-0.4, -0.2) is 36.4 Å². The number of aliphatic hydroxyl groups is 1. The summed E-state index contributed by atoms with van der Waals surface area (Å²) in [5.41, 5.74) is 0. The summed E-state index contributed by atoms with van der Waals surface area (Å²) >= 11 is 0. The summed E-state index contributed by atoms with van der Waals surface area (Å²) in [4.78, 5) is 24.6. The van der Waals surface area contributed by atoms with Gasteiger partial charge < -0.3 is 14.6 Å². The standard InChI is InChI=1S/C67H110O5/c1-3-5-7-9-11-13-15-17-19-21-23-25-27-28-29-30-31-32-33-34-35-36-37-38-40-42-44-46-48-50-52-54-56-58-60-62-67(70)72-65(63-68)64-71-66(69)61-59-57-55-53-51-49-47-45-43-41-39-26-24-22-20-18-16-14-12-10-8-6-4-2/h5,7,11,13,16-19,22-25,28-29,31-32,34-35,37-38,42,44,65,68H,3-4,6,8-10,12,14-15,20-21,26-27,30,33,36,39-41,43,45-64H2,1-2H3/b7-5-,13-11-,18-16-,19-17-,24-22-,25-23-,29-28-,32-31-,35-34-,38-37-,44-42-. The lowest BCUT2D eigenvalue weighted by Gasteiger charge is -2.15. The largest absolute Gasteiger partial charge is 0.462 e. The maximum atomic E-state index is 12.3. The second-order valence-corrected chi connectivity index (χ2v) is 19.3. The van der Waals surface area contributed by atoms with Crippen LogP contribution >= 0.6 is 0 Å². The molecule has 1 atom stereocenters. The molecule has 0 radical (unpaired) electrons. The highest BCUT2D eigenvalue weighted by molar-refractivity contribution is 5.70. The predicted octanol–water partition coefficient (Wildman–Crippen LogP) is 20.4. The maximum Gasteiger partial charge on any atom is 0.306 e. The lowest BCUT2D eigenvalue weighted by molar-refractivity contribution is -0.161. The molecule has 0 aliphatic heterocycles. The Morgan fingerprint density at radius 1 is 0.333 bits per heavy atom. The van der Waals surface area contributed by atoms with Crippen molar-refractivity contribution in [3.8, 4) is 0 Å². The van der Waals surface area contributed by atoms with Crippen LogP contribution in [0.2, 0.25) is 0 Å². The fourth-order valence-electron chi connectivity index (χ4n) is 7.99. The first kappa shape index (κ1) is 68.0. The maximum absolute atomic E-state index is 12.3. The van der Waals surface area contributed by atoms with Crippen molar-refractivity contribution in [2.24, 2.45) is 0 Å². The highest BCUT2D eigenvalue weighted by Crippen LogP contribution is 2.15. The predicted molar refractivity (Wildman–Crippen MR) is 315 cm³/mol. The van der Waals surface area contributed by atoms with Crippen LogP contribution in [0.1, 0.15) is 258 Å². The third kappa shape index (κ3) is 58.6. The molecule has 0 aliphatic rings. The summed E-state index contributed by atoms with van der Waals surface area (Å²) in [6.07, 6.45) is 91.3. The lowest BCUT2D eigenvalue weighted by Crippen LogP contribution is -2.28. The summed E-state index contributed by atoms with van der Waals surface area (Å²) < 4.78 is 10.7. The average molecular weight is 996 g/mol. The number of allylic oxidation sites excluding steroid dienone is 22. The number of ether oxygens (including phenoxy) is 2. The monoisotopic (exact) mass is 995 g/mol. The number of esters is 2. The zero-order valence-corrected chi connectivity index (χ0v) is 46.6. The quantitative estimate of drug-likeness (QED) is 0.0373. The molecule has 1 N–H and O–H groups in total. The third-order valence-electron chi connectivity index (χ3n) is 12.4. The van der Waals surface area contributed by atoms with Gasteiger partial charge in [0.2, 0.25) is 0 Å². The molecule has 0 aliphatic carbocycles. The molecule has 0 fully saturated rings. The number of unbranched alkanes of at least 4 members (excludes halogenated alkanes) is 23. The van der Waals surface area contributed by atoms with Crippen molar-refractivity contribution < 1.29 is 24.2 Å². The second-order valence-electron chi connectivity index (χ2n) is 19.3. The van der Waals surface area contributed by atoms with Crippen LogP contribution in [0.15, 0.2) is 134 Å². The van der Waals surface area contributed by atoms with E-state index in [0.717, 1.165) is 109 Å². The number of rotatable bonds is 53. The first-order valence-electron chi connectivity index (χ1n) is 29.7. The van der Waals surface area contributed by atoms with Gasteiger partial charge in [-0.05, 0) is 116 Å². The molecule has 0 rings (SSSR count). The van der Waals surface area contributed by atoms with Crippen molar-refractivity contribution in [3.63, 3.8) is 0 Å². The molecule has 0 saturated heterocycles. The van der Waals surface area contributed by atoms with Gasteiger partial charge in [0, 0.05) is 12.8 Å². The van der Waals surface area contributed by atoms with E-state index in [1.54, 1.807) is 0 Å². The fourth-order valence-corrected chi connectivity index (χ4v) is 7.99. The lowest BCUT2D eigenvalue weighted by atomic mass is 10.0. The van der Waals surface area contributed by atoms with E-state index in [1.165, 1.54) is 122 Å². The van der Waals surface area contributed by atoms with Crippen molar-refractivity contribution in [2.45, 2.75) is 264 Å². The molecule has 5 heteroatoms. The molecule has 0 aromatic heterocycles. The smallest absolute Gasteiger partial charge is 0.306 e. The highest BCUT2D eigenvalue weighted by atomic mass is 16.6. The fraction of sp³-hybridized carbons (Fsp3) is 0.642. The number of aliphatic hydroxyl groups excluding tert-OH is 1. The van der Waals surface area contributed by atoms with Crippen LogP contribution < -0.4 is 0 Å². The van der Waals surface area contributed by atoms with Crippen molar-refractivity contribution in [3.05, 3.63) is 134 Å². The van der Waals surface area contributed by atoms with E-state index in [2.05, 4.69) is 148 Å². The molecule has 0 heterocycles. The van der Waals surface area contributed by atoms with E-state index in [-0.39, 0.29) is 25.2 Å². The zero-order valence-electron chi connectivity index (χ0n) is 46.6. The van der Waals surface area contributed by atoms with Crippen LogP contribution in [0.5, 0.6) is 0 Å². The van der Waals surface area contributed by atoms with Gasteiger partial charge in [0.1, 0.15) is 6.61 Å². The Hall–Kier alpha value is -3.96. The van der Waals surface area contributed by atoms with E-state index in [4.69, 9.17) is 9.47 Å². The molecule has 0 bridgehead atoms. The van der Waals surface area contributed by atoms with E-state index in [9.17, 15) is 14.7 Å². The molecular formula is C67H110O5. The number of hydrogen-bond acceptors (Lipinski definition) is 5. The highest BCUT2D eigenvalue weighted by Gasteiger charge is 2.16. The van der Waals surface area contributed by atoms with Gasteiger partial charge in [0.05, 0.1) is 6.61 Å². The summed E-state index contributed by atoms with van der Waals surface area (Å²) in [6.45, 7) is 4.01. The van der Waals surface area contributed by atoms with Gasteiger partial charge in [0.25, 0.3) is 0 Å². The van der Waals surface area contributed by atoms with Gasteiger partial charge in [-0.3, -0.25) is 9.59 Å². The molecule has 0 aromatic carbocycles. The van der Waals surface area contributed by atoms with Gasteiger partial charge in [-0.1, -0.05) is 263 Å². The summed E-state index contributed by atoms with van der Waals surface area (Å²) in [5, 5.41) is 9.66. The molecular weight excluding hydrogens is 885 g/mol. The molecule has 408 valence electrons. The molecule has 0 spiro atoms. The van der Waals surface area contributed by atoms with Crippen molar-refractivity contribution in [1.29, 1.82) is 0 Å². The third-order valence-corrected chi connectivity index (χ3v) is 12.4. The van der Waals surface area contributed by atoms with E-state index >= 15 is 0 Å². The van der Waals surface area contributed by atoms with E-state index in [1.807, 2.05) is 0 Å². The van der Waals surface area contributed by atoms with Crippen LogP contribution in [0.4, 0.5) is 0 Å². The van der Waals surface area contributed by atoms with Crippen molar-refractivity contribution in [1.82, 2.24) is 0 Å². The minimum atomic E-state index is -0.789. The molecule has 5 nitrogen and oxygen atoms in total. The van der Waals surface area contributed by atoms with E-state index < -0.39 is 6.10 Å². The first-order chi connectivity index (χ1) is 35.6. The minimum Gasteiger partial charge on any atom is -0.462 e. The van der Waals surface area contributed by atoms with E-state index in [0.29, 0.717) is 12.8 Å². The SMILES string of the molecule is CC/C=C\C/C=C\C/C=C\C/C=C\C/C=C\C/C=C\C/C=C\C/C=C\C/C=C\CCCCCCCCCC(=O)OC(CO)COC(=O)CCCCCCCCCCCCC/C=C\C/C=C\CCCCCCC. The van der Waals surface area contributed by atoms with Gasteiger partial charge in [-0.2, -0.15) is 0 Å². The van der Waals surface area contributed by atoms with Crippen LogP contribution in [0, 0.1) is 0 Å². The van der Waals surface area contributed by atoms with Crippen LogP contribution in [0.3, 0.4) is 0 Å². The Morgan fingerprint density at radius 2 is 0.597 bits per heavy atom. The average Bonchev–Trinajstić information content (AvgIpc) is 3.38. The normalized spacial score (nSPS) is 13.2. The van der Waals surface area contributed by atoms with Crippen LogP contribution in [-0.2, 0) is 19.1 Å². The zero-order chi connectivity index (χ0) is 52.0. The van der Waals surface area contributed by atoms with Gasteiger partial charge >= 0.3 is 11.9 Å². The second kappa shape index (κ2) is 61.3. The first-order valence-corrected chi connectivity index (χ1v) is 29.7. The topological polar surface area (TPSA) is 72.8 Å². The Labute approximate surface area is 445 Å². The van der Waals surface area contributed by atoms with Gasteiger partial charge in [-0.15, -0.1) is 0 Å². The van der Waals surface area contributed by atoms with Crippen molar-refractivity contribution in [2.75, 3.05) is 13.2 Å². The summed E-state index contributed by atoms with van der Waals surface area (Å²) in [6, 6.07) is 0. The Balaban J connectivity index is 3.59. The summed E-state index contributed by atoms with van der Waals surface area (Å²) in [5.74, 6) is -0.609. The molecule has 0 amide bonds. The number of hydrogen-bond donors (Lipinski definition) is 1. The Bertz CT molecular complexity index is 1500. The van der Waals surface area contributed by atoms with Gasteiger partial charge in [0.15, 0.2) is 6.10 Å².